The molecule has 0 saturated carbocycles. The van der Waals surface area contributed by atoms with Crippen LogP contribution in [0.3, 0.4) is 0 Å². The lowest BCUT2D eigenvalue weighted by Crippen LogP contribution is -2.38. The molecule has 1 N–H and O–H groups in total. The van der Waals surface area contributed by atoms with E-state index in [4.69, 9.17) is 9.73 Å². The summed E-state index contributed by atoms with van der Waals surface area (Å²) in [5, 5.41) is 7.63. The van der Waals surface area contributed by atoms with Crippen LogP contribution in [0.4, 0.5) is 0 Å². The van der Waals surface area contributed by atoms with Gasteiger partial charge in [-0.15, -0.1) is 0 Å². The Morgan fingerprint density at radius 1 is 1.44 bits per heavy atom. The molecule has 0 saturated heterocycles. The standard InChI is InChI=1S/C19H27N5O/c1-4-20-19(23(2)13-15-11-22-24(3)14-15)21-12-16-9-10-25-18-8-6-5-7-17(16)18/h5-8,11,14,16H,4,9-10,12-13H2,1-3H3,(H,20,21). The quantitative estimate of drug-likeness (QED) is 0.670. The molecule has 2 heterocycles. The highest BCUT2D eigenvalue weighted by atomic mass is 16.5. The third-order valence-electron chi connectivity index (χ3n) is 4.42. The van der Waals surface area contributed by atoms with Gasteiger partial charge in [0.15, 0.2) is 5.96 Å². The molecular formula is C19H27N5O. The lowest BCUT2D eigenvalue weighted by Gasteiger charge is -2.26. The molecule has 0 aliphatic carbocycles. The number of aromatic nitrogens is 2. The van der Waals surface area contributed by atoms with Gasteiger partial charge >= 0.3 is 0 Å². The number of guanidine groups is 1. The first-order valence-corrected chi connectivity index (χ1v) is 8.86. The van der Waals surface area contributed by atoms with Crippen LogP contribution in [0.1, 0.15) is 30.4 Å². The molecule has 134 valence electrons. The molecule has 6 heteroatoms. The predicted octanol–water partition coefficient (Wildman–Crippen LogP) is 2.38. The fraction of sp³-hybridized carbons (Fsp3) is 0.474. The number of para-hydroxylation sites is 1. The van der Waals surface area contributed by atoms with Crippen LogP contribution in [0.15, 0.2) is 41.7 Å². The molecule has 1 aromatic heterocycles. The molecule has 0 fully saturated rings. The fourth-order valence-corrected chi connectivity index (χ4v) is 3.17. The lowest BCUT2D eigenvalue weighted by atomic mass is 9.93. The molecule has 3 rings (SSSR count). The molecule has 1 aliphatic heterocycles. The van der Waals surface area contributed by atoms with Crippen molar-refractivity contribution in [1.82, 2.24) is 20.0 Å². The van der Waals surface area contributed by atoms with E-state index < -0.39 is 0 Å². The van der Waals surface area contributed by atoms with Gasteiger partial charge in [0.1, 0.15) is 5.75 Å². The van der Waals surface area contributed by atoms with Crippen molar-refractivity contribution in [2.24, 2.45) is 12.0 Å². The van der Waals surface area contributed by atoms with Gasteiger partial charge < -0.3 is 15.0 Å². The maximum Gasteiger partial charge on any atom is 0.193 e. The van der Waals surface area contributed by atoms with Crippen LogP contribution in [0.5, 0.6) is 5.75 Å². The van der Waals surface area contributed by atoms with Crippen molar-refractivity contribution in [3.8, 4) is 5.75 Å². The summed E-state index contributed by atoms with van der Waals surface area (Å²) < 4.78 is 7.58. The monoisotopic (exact) mass is 341 g/mol. The van der Waals surface area contributed by atoms with Crippen LogP contribution in [0, 0.1) is 0 Å². The highest BCUT2D eigenvalue weighted by molar-refractivity contribution is 5.79. The number of fused-ring (bicyclic) bond motifs is 1. The van der Waals surface area contributed by atoms with Gasteiger partial charge in [-0.05, 0) is 25.0 Å². The van der Waals surface area contributed by atoms with Crippen molar-refractivity contribution in [3.05, 3.63) is 47.8 Å². The summed E-state index contributed by atoms with van der Waals surface area (Å²) in [4.78, 5) is 7.03. The first-order valence-electron chi connectivity index (χ1n) is 8.86. The fourth-order valence-electron chi connectivity index (χ4n) is 3.17. The Morgan fingerprint density at radius 3 is 3.04 bits per heavy atom. The minimum Gasteiger partial charge on any atom is -0.493 e. The van der Waals surface area contributed by atoms with Gasteiger partial charge in [-0.1, -0.05) is 18.2 Å². The van der Waals surface area contributed by atoms with Gasteiger partial charge in [0.2, 0.25) is 0 Å². The van der Waals surface area contributed by atoms with E-state index in [1.165, 1.54) is 11.1 Å². The Morgan fingerprint density at radius 2 is 2.28 bits per heavy atom. The van der Waals surface area contributed by atoms with Crippen LogP contribution in [-0.2, 0) is 13.6 Å². The summed E-state index contributed by atoms with van der Waals surface area (Å²) in [5.74, 6) is 2.34. The highest BCUT2D eigenvalue weighted by Gasteiger charge is 2.21. The lowest BCUT2D eigenvalue weighted by molar-refractivity contribution is 0.268. The van der Waals surface area contributed by atoms with E-state index in [2.05, 4.69) is 41.4 Å². The topological polar surface area (TPSA) is 54.7 Å². The van der Waals surface area contributed by atoms with E-state index >= 15 is 0 Å². The molecule has 0 radical (unpaired) electrons. The second-order valence-electron chi connectivity index (χ2n) is 6.44. The van der Waals surface area contributed by atoms with Gasteiger partial charge in [-0.3, -0.25) is 9.67 Å². The second-order valence-corrected chi connectivity index (χ2v) is 6.44. The van der Waals surface area contributed by atoms with E-state index in [9.17, 15) is 0 Å². The van der Waals surface area contributed by atoms with Crippen LogP contribution in [0.2, 0.25) is 0 Å². The maximum atomic E-state index is 5.75. The first kappa shape index (κ1) is 17.3. The third-order valence-corrected chi connectivity index (χ3v) is 4.42. The Kier molecular flexibility index (Phi) is 5.58. The molecule has 1 unspecified atom stereocenters. The Bertz CT molecular complexity index is 724. The SMILES string of the molecule is CCNC(=NCC1CCOc2ccccc21)N(C)Cc1cnn(C)c1. The van der Waals surface area contributed by atoms with Gasteiger partial charge in [0.25, 0.3) is 0 Å². The van der Waals surface area contributed by atoms with Crippen molar-refractivity contribution in [2.75, 3.05) is 26.7 Å². The summed E-state index contributed by atoms with van der Waals surface area (Å²) in [5.41, 5.74) is 2.44. The van der Waals surface area contributed by atoms with Crippen molar-refractivity contribution in [2.45, 2.75) is 25.8 Å². The largest absolute Gasteiger partial charge is 0.493 e. The van der Waals surface area contributed by atoms with Crippen molar-refractivity contribution >= 4 is 5.96 Å². The van der Waals surface area contributed by atoms with Crippen molar-refractivity contribution in [3.63, 3.8) is 0 Å². The van der Waals surface area contributed by atoms with Crippen molar-refractivity contribution in [1.29, 1.82) is 0 Å². The average molecular weight is 341 g/mol. The molecule has 25 heavy (non-hydrogen) atoms. The first-order chi connectivity index (χ1) is 12.2. The summed E-state index contributed by atoms with van der Waals surface area (Å²) >= 11 is 0. The summed E-state index contributed by atoms with van der Waals surface area (Å²) in [6, 6.07) is 8.30. The molecular weight excluding hydrogens is 314 g/mol. The van der Waals surface area contributed by atoms with E-state index in [0.29, 0.717) is 5.92 Å². The Hall–Kier alpha value is -2.50. The normalized spacial score (nSPS) is 16.9. The van der Waals surface area contributed by atoms with Crippen LogP contribution >= 0.6 is 0 Å². The number of aliphatic imine (C=N–C) groups is 1. The minimum atomic E-state index is 0.408. The molecule has 1 atom stereocenters. The molecule has 2 aromatic rings. The number of nitrogens with one attached hydrogen (secondary N) is 1. The number of rotatable bonds is 5. The van der Waals surface area contributed by atoms with Gasteiger partial charge in [-0.25, -0.2) is 0 Å². The minimum absolute atomic E-state index is 0.408. The van der Waals surface area contributed by atoms with E-state index in [1.54, 1.807) is 0 Å². The van der Waals surface area contributed by atoms with Gasteiger partial charge in [0.05, 0.1) is 12.8 Å². The second kappa shape index (κ2) is 8.05. The number of hydrogen-bond donors (Lipinski definition) is 1. The highest BCUT2D eigenvalue weighted by Crippen LogP contribution is 2.33. The zero-order valence-corrected chi connectivity index (χ0v) is 15.3. The molecule has 0 amide bonds. The van der Waals surface area contributed by atoms with Crippen LogP contribution in [0.25, 0.3) is 0 Å². The summed E-state index contributed by atoms with van der Waals surface area (Å²) in [6.07, 6.45) is 4.94. The number of nitrogens with zero attached hydrogens (tertiary/aromatic N) is 4. The van der Waals surface area contributed by atoms with Crippen molar-refractivity contribution < 1.29 is 4.74 Å². The zero-order chi connectivity index (χ0) is 17.6. The smallest absolute Gasteiger partial charge is 0.193 e. The third kappa shape index (κ3) is 4.32. The van der Waals surface area contributed by atoms with E-state index in [0.717, 1.165) is 44.4 Å². The van der Waals surface area contributed by atoms with Crippen LogP contribution in [-0.4, -0.2) is 47.4 Å². The van der Waals surface area contributed by atoms with Gasteiger partial charge in [0, 0.05) is 51.4 Å². The van der Waals surface area contributed by atoms with E-state index in [-0.39, 0.29) is 0 Å². The van der Waals surface area contributed by atoms with Crippen LogP contribution < -0.4 is 10.1 Å². The van der Waals surface area contributed by atoms with Gasteiger partial charge in [-0.2, -0.15) is 5.10 Å². The molecule has 1 aromatic carbocycles. The summed E-state index contributed by atoms with van der Waals surface area (Å²) in [7, 11) is 4.00. The molecule has 0 spiro atoms. The average Bonchev–Trinajstić information content (AvgIpc) is 3.03. The number of benzene rings is 1. The van der Waals surface area contributed by atoms with E-state index in [1.807, 2.05) is 36.3 Å². The Balaban J connectivity index is 1.70. The molecule has 1 aliphatic rings. The molecule has 0 bridgehead atoms. The number of aryl methyl sites for hydroxylation is 1. The zero-order valence-electron chi connectivity index (χ0n) is 15.3. The molecule has 6 nitrogen and oxygen atoms in total. The predicted molar refractivity (Wildman–Crippen MR) is 99.9 cm³/mol. The summed E-state index contributed by atoms with van der Waals surface area (Å²) in [6.45, 7) is 5.25. The number of ether oxygens (including phenoxy) is 1. The maximum absolute atomic E-state index is 5.75. The Labute approximate surface area is 149 Å². The number of hydrogen-bond acceptors (Lipinski definition) is 3.